The second kappa shape index (κ2) is 6.62. The highest BCUT2D eigenvalue weighted by Gasteiger charge is 2.21. The van der Waals surface area contributed by atoms with E-state index < -0.39 is 0 Å². The van der Waals surface area contributed by atoms with E-state index in [0.717, 1.165) is 16.9 Å². The van der Waals surface area contributed by atoms with Crippen molar-refractivity contribution < 1.29 is 4.79 Å². The second-order valence-electron chi connectivity index (χ2n) is 6.67. The van der Waals surface area contributed by atoms with Crippen molar-refractivity contribution in [2.75, 3.05) is 0 Å². The molecule has 0 bridgehead atoms. The summed E-state index contributed by atoms with van der Waals surface area (Å²) < 4.78 is 2.11. The maximum atomic E-state index is 12.6. The summed E-state index contributed by atoms with van der Waals surface area (Å²) in [5.41, 5.74) is 2.67. The van der Waals surface area contributed by atoms with Crippen LogP contribution in [0.15, 0.2) is 23.2 Å². The largest absolute Gasteiger partial charge is 0.321 e. The molecule has 1 amide bonds. The molecule has 0 fully saturated rings. The number of carbonyl (C=O) groups is 1. The number of benzene rings is 1. The van der Waals surface area contributed by atoms with Crippen LogP contribution in [0.25, 0.3) is 0 Å². The zero-order valence-electron chi connectivity index (χ0n) is 14.5. The molecule has 0 unspecified atom stereocenters. The molecular formula is C18H23ClN2OS. The fourth-order valence-electron chi connectivity index (χ4n) is 2.65. The van der Waals surface area contributed by atoms with Gasteiger partial charge in [-0.05, 0) is 49.9 Å². The summed E-state index contributed by atoms with van der Waals surface area (Å²) in [5, 5.41) is 0.629. The molecule has 2 aromatic rings. The van der Waals surface area contributed by atoms with Gasteiger partial charge < -0.3 is 4.57 Å². The lowest BCUT2D eigenvalue weighted by Crippen LogP contribution is -2.18. The molecule has 23 heavy (non-hydrogen) atoms. The van der Waals surface area contributed by atoms with Gasteiger partial charge in [0.25, 0.3) is 5.91 Å². The number of amides is 1. The van der Waals surface area contributed by atoms with Crippen molar-refractivity contribution in [2.24, 2.45) is 4.99 Å². The fourth-order valence-corrected chi connectivity index (χ4v) is 4.13. The quantitative estimate of drug-likeness (QED) is 0.760. The third-order valence-electron chi connectivity index (χ3n) is 3.77. The first-order valence-electron chi connectivity index (χ1n) is 7.71. The van der Waals surface area contributed by atoms with Crippen LogP contribution in [-0.2, 0) is 12.0 Å². The standard InChI is InChI=1S/C18H23ClN2OS/c1-7-21-12(3)15(18(4,5)6)23-17(21)20-16(22)14-9-8-13(19)10-11(14)2/h8-10H,7H2,1-6H3/b20-17-. The smallest absolute Gasteiger partial charge is 0.279 e. The molecule has 1 aromatic heterocycles. The zero-order chi connectivity index (χ0) is 17.4. The Morgan fingerprint density at radius 3 is 2.48 bits per heavy atom. The topological polar surface area (TPSA) is 34.4 Å². The second-order valence-corrected chi connectivity index (χ2v) is 8.08. The maximum Gasteiger partial charge on any atom is 0.279 e. The average Bonchev–Trinajstić information content (AvgIpc) is 2.74. The summed E-state index contributed by atoms with van der Waals surface area (Å²) >= 11 is 7.56. The van der Waals surface area contributed by atoms with E-state index >= 15 is 0 Å². The predicted molar refractivity (Wildman–Crippen MR) is 97.5 cm³/mol. The number of halogens is 1. The minimum absolute atomic E-state index is 0.0404. The molecule has 0 spiro atoms. The Hall–Kier alpha value is -1.39. The Morgan fingerprint density at radius 2 is 1.96 bits per heavy atom. The maximum absolute atomic E-state index is 12.6. The van der Waals surface area contributed by atoms with E-state index in [1.807, 2.05) is 6.92 Å². The lowest BCUT2D eigenvalue weighted by Gasteiger charge is -2.17. The SMILES string of the molecule is CCn1c(C)c(C(C)(C)C)s/c1=N\C(=O)c1ccc(Cl)cc1C. The number of rotatable bonds is 2. The molecule has 0 aliphatic carbocycles. The van der Waals surface area contributed by atoms with Crippen LogP contribution in [0.4, 0.5) is 0 Å². The Kier molecular flexibility index (Phi) is 5.17. The molecule has 1 heterocycles. The number of hydrogen-bond acceptors (Lipinski definition) is 2. The van der Waals surface area contributed by atoms with Gasteiger partial charge in [-0.15, -0.1) is 11.3 Å². The van der Waals surface area contributed by atoms with Crippen molar-refractivity contribution in [1.29, 1.82) is 0 Å². The van der Waals surface area contributed by atoms with Gasteiger partial charge in [0.2, 0.25) is 0 Å². The van der Waals surface area contributed by atoms with Crippen LogP contribution >= 0.6 is 22.9 Å². The van der Waals surface area contributed by atoms with E-state index in [-0.39, 0.29) is 11.3 Å². The van der Waals surface area contributed by atoms with Gasteiger partial charge in [-0.1, -0.05) is 32.4 Å². The van der Waals surface area contributed by atoms with Gasteiger partial charge in [0, 0.05) is 27.7 Å². The van der Waals surface area contributed by atoms with Crippen LogP contribution in [0, 0.1) is 13.8 Å². The minimum atomic E-state index is -0.219. The lowest BCUT2D eigenvalue weighted by molar-refractivity contribution is 0.0997. The van der Waals surface area contributed by atoms with Crippen LogP contribution in [-0.4, -0.2) is 10.5 Å². The molecule has 0 saturated heterocycles. The molecule has 0 radical (unpaired) electrons. The van der Waals surface area contributed by atoms with Crippen molar-refractivity contribution in [3.8, 4) is 0 Å². The molecule has 0 N–H and O–H groups in total. The molecule has 0 saturated carbocycles. The van der Waals surface area contributed by atoms with Crippen LogP contribution in [0.5, 0.6) is 0 Å². The van der Waals surface area contributed by atoms with Gasteiger partial charge >= 0.3 is 0 Å². The van der Waals surface area contributed by atoms with Gasteiger partial charge in [0.05, 0.1) is 0 Å². The number of thiazole rings is 1. The number of nitrogens with zero attached hydrogens (tertiary/aromatic N) is 2. The first-order valence-corrected chi connectivity index (χ1v) is 8.90. The van der Waals surface area contributed by atoms with Crippen LogP contribution < -0.4 is 4.80 Å². The summed E-state index contributed by atoms with van der Waals surface area (Å²) in [4.78, 5) is 19.0. The zero-order valence-corrected chi connectivity index (χ0v) is 16.1. The van der Waals surface area contributed by atoms with Gasteiger partial charge in [0.1, 0.15) is 0 Å². The average molecular weight is 351 g/mol. The van der Waals surface area contributed by atoms with E-state index in [0.29, 0.717) is 10.6 Å². The Morgan fingerprint density at radius 1 is 1.30 bits per heavy atom. The molecule has 3 nitrogen and oxygen atoms in total. The Labute approximate surface area is 146 Å². The summed E-state index contributed by atoms with van der Waals surface area (Å²) in [6.45, 7) is 13.4. The van der Waals surface area contributed by atoms with Gasteiger partial charge in [-0.3, -0.25) is 4.79 Å². The lowest BCUT2D eigenvalue weighted by atomic mass is 9.93. The highest BCUT2D eigenvalue weighted by atomic mass is 35.5. The monoisotopic (exact) mass is 350 g/mol. The fraction of sp³-hybridized carbons (Fsp3) is 0.444. The highest BCUT2D eigenvalue weighted by molar-refractivity contribution is 7.09. The molecule has 0 atom stereocenters. The molecule has 0 aliphatic heterocycles. The van der Waals surface area contributed by atoms with Crippen molar-refractivity contribution in [2.45, 2.75) is 53.5 Å². The Bertz CT molecular complexity index is 809. The van der Waals surface area contributed by atoms with E-state index in [1.165, 1.54) is 10.6 Å². The van der Waals surface area contributed by atoms with Crippen LogP contribution in [0.3, 0.4) is 0 Å². The predicted octanol–water partition coefficient (Wildman–Crippen LogP) is 4.88. The third-order valence-corrected chi connectivity index (χ3v) is 5.61. The molecule has 5 heteroatoms. The number of carbonyl (C=O) groups excluding carboxylic acids is 1. The van der Waals surface area contributed by atoms with E-state index in [4.69, 9.17) is 11.6 Å². The first-order chi connectivity index (χ1) is 10.6. The molecule has 2 rings (SSSR count). The van der Waals surface area contributed by atoms with Crippen molar-refractivity contribution in [3.05, 3.63) is 49.7 Å². The summed E-state index contributed by atoms with van der Waals surface area (Å²) in [6, 6.07) is 5.26. The van der Waals surface area contributed by atoms with Crippen molar-refractivity contribution >= 4 is 28.8 Å². The minimum Gasteiger partial charge on any atom is -0.321 e. The van der Waals surface area contributed by atoms with Gasteiger partial charge in [0.15, 0.2) is 4.80 Å². The number of aromatic nitrogens is 1. The van der Waals surface area contributed by atoms with Crippen LogP contribution in [0.1, 0.15) is 54.2 Å². The summed E-state index contributed by atoms with van der Waals surface area (Å²) in [5.74, 6) is -0.219. The van der Waals surface area contributed by atoms with Gasteiger partial charge in [-0.2, -0.15) is 4.99 Å². The van der Waals surface area contributed by atoms with E-state index in [2.05, 4.69) is 44.2 Å². The Balaban J connectivity index is 2.57. The summed E-state index contributed by atoms with van der Waals surface area (Å²) in [6.07, 6.45) is 0. The van der Waals surface area contributed by atoms with Crippen LogP contribution in [0.2, 0.25) is 5.02 Å². The van der Waals surface area contributed by atoms with Crippen molar-refractivity contribution in [1.82, 2.24) is 4.57 Å². The first kappa shape index (κ1) is 18.0. The number of hydrogen-bond donors (Lipinski definition) is 0. The molecule has 0 aliphatic rings. The summed E-state index contributed by atoms with van der Waals surface area (Å²) in [7, 11) is 0. The van der Waals surface area contributed by atoms with E-state index in [1.54, 1.807) is 29.5 Å². The molecular weight excluding hydrogens is 328 g/mol. The number of aryl methyl sites for hydroxylation is 1. The molecule has 124 valence electrons. The third kappa shape index (κ3) is 3.75. The van der Waals surface area contributed by atoms with Gasteiger partial charge in [-0.25, -0.2) is 0 Å². The van der Waals surface area contributed by atoms with E-state index in [9.17, 15) is 4.79 Å². The molecule has 1 aromatic carbocycles. The highest BCUT2D eigenvalue weighted by Crippen LogP contribution is 2.28. The normalized spacial score (nSPS) is 12.7. The van der Waals surface area contributed by atoms with Crippen molar-refractivity contribution in [3.63, 3.8) is 0 Å².